The number of anilines is 2. The minimum atomic E-state index is -0.469. The van der Waals surface area contributed by atoms with E-state index in [0.29, 0.717) is 18.0 Å². The third-order valence-corrected chi connectivity index (χ3v) is 2.72. The summed E-state index contributed by atoms with van der Waals surface area (Å²) in [7, 11) is 1.76. The molecule has 0 spiro atoms. The molecule has 0 radical (unpaired) electrons. The lowest BCUT2D eigenvalue weighted by atomic mass is 10.2. The van der Waals surface area contributed by atoms with Crippen LogP contribution in [-0.4, -0.2) is 42.4 Å². The number of carbonyl (C=O) groups is 1. The van der Waals surface area contributed by atoms with Crippen molar-refractivity contribution in [2.45, 2.75) is 19.9 Å². The molecule has 1 atom stereocenters. The van der Waals surface area contributed by atoms with Crippen LogP contribution in [0, 0.1) is 0 Å². The van der Waals surface area contributed by atoms with Crippen LogP contribution >= 0.6 is 0 Å². The highest BCUT2D eigenvalue weighted by atomic mass is 16.5. The largest absolute Gasteiger partial charge is 0.462 e. The van der Waals surface area contributed by atoms with Gasteiger partial charge >= 0.3 is 5.97 Å². The van der Waals surface area contributed by atoms with Gasteiger partial charge in [0.15, 0.2) is 5.82 Å². The Morgan fingerprint density at radius 1 is 1.67 bits per heavy atom. The highest BCUT2D eigenvalue weighted by Crippen LogP contribution is 2.24. The van der Waals surface area contributed by atoms with E-state index in [2.05, 4.69) is 4.98 Å². The van der Waals surface area contributed by atoms with E-state index in [1.54, 1.807) is 18.9 Å². The Kier molecular flexibility index (Phi) is 4.91. The van der Waals surface area contributed by atoms with Gasteiger partial charge in [-0.3, -0.25) is 0 Å². The Balaban J connectivity index is 3.09. The van der Waals surface area contributed by atoms with Gasteiger partial charge in [-0.2, -0.15) is 0 Å². The van der Waals surface area contributed by atoms with Crippen LogP contribution in [0.1, 0.15) is 24.2 Å². The van der Waals surface area contributed by atoms with E-state index in [1.165, 1.54) is 12.3 Å². The number of ether oxygens (including phenoxy) is 1. The summed E-state index contributed by atoms with van der Waals surface area (Å²) in [6.07, 6.45) is 1.50. The van der Waals surface area contributed by atoms with Crippen LogP contribution in [0.25, 0.3) is 0 Å². The van der Waals surface area contributed by atoms with Crippen molar-refractivity contribution in [3.63, 3.8) is 0 Å². The van der Waals surface area contributed by atoms with Crippen LogP contribution in [0.2, 0.25) is 0 Å². The Morgan fingerprint density at radius 2 is 2.33 bits per heavy atom. The van der Waals surface area contributed by atoms with Crippen LogP contribution in [0.15, 0.2) is 12.3 Å². The molecular weight excluding hydrogens is 234 g/mol. The normalized spacial score (nSPS) is 12.0. The van der Waals surface area contributed by atoms with Crippen molar-refractivity contribution in [2.24, 2.45) is 0 Å². The van der Waals surface area contributed by atoms with Crippen molar-refractivity contribution >= 4 is 17.5 Å². The molecule has 0 aliphatic rings. The number of likely N-dealkylation sites (N-methyl/N-ethyl adjacent to an activating group) is 1. The molecule has 1 aromatic heterocycles. The molecule has 0 fully saturated rings. The maximum absolute atomic E-state index is 11.7. The summed E-state index contributed by atoms with van der Waals surface area (Å²) < 4.78 is 4.92. The predicted molar refractivity (Wildman–Crippen MR) is 69.6 cm³/mol. The molecule has 0 aliphatic carbocycles. The van der Waals surface area contributed by atoms with Gasteiger partial charge in [-0.05, 0) is 19.9 Å². The molecule has 0 saturated carbocycles. The zero-order valence-electron chi connectivity index (χ0n) is 10.9. The van der Waals surface area contributed by atoms with Gasteiger partial charge in [-0.25, -0.2) is 9.78 Å². The monoisotopic (exact) mass is 253 g/mol. The van der Waals surface area contributed by atoms with Gasteiger partial charge in [-0.1, -0.05) is 0 Å². The average Bonchev–Trinajstić information content (AvgIpc) is 2.37. The minimum absolute atomic E-state index is 0.0265. The summed E-state index contributed by atoms with van der Waals surface area (Å²) in [6, 6.07) is 1.38. The van der Waals surface area contributed by atoms with Gasteiger partial charge in [0, 0.05) is 13.2 Å². The van der Waals surface area contributed by atoms with Crippen molar-refractivity contribution in [3.05, 3.63) is 17.8 Å². The summed E-state index contributed by atoms with van der Waals surface area (Å²) in [5.41, 5.74) is 6.47. The van der Waals surface area contributed by atoms with Gasteiger partial charge in [0.1, 0.15) is 0 Å². The number of nitrogens with two attached hydrogens (primary N) is 1. The molecule has 1 heterocycles. The first kappa shape index (κ1) is 14.2. The molecule has 18 heavy (non-hydrogen) atoms. The molecular formula is C12H19N3O3. The third-order valence-electron chi connectivity index (χ3n) is 2.72. The molecule has 1 unspecified atom stereocenters. The van der Waals surface area contributed by atoms with Crippen molar-refractivity contribution < 1.29 is 14.6 Å². The second-order valence-electron chi connectivity index (χ2n) is 3.96. The number of aliphatic hydroxyl groups excluding tert-OH is 1. The number of carbonyl (C=O) groups excluding carboxylic acids is 1. The van der Waals surface area contributed by atoms with Crippen LogP contribution in [-0.2, 0) is 4.74 Å². The maximum Gasteiger partial charge on any atom is 0.340 e. The molecule has 100 valence electrons. The van der Waals surface area contributed by atoms with E-state index >= 15 is 0 Å². The predicted octanol–water partition coefficient (Wildman–Crippen LogP) is 0.658. The molecule has 0 amide bonds. The summed E-state index contributed by atoms with van der Waals surface area (Å²) in [6.45, 7) is 3.83. The molecule has 1 rings (SSSR count). The van der Waals surface area contributed by atoms with Crippen LogP contribution < -0.4 is 10.6 Å². The fraction of sp³-hybridized carbons (Fsp3) is 0.500. The summed E-state index contributed by atoms with van der Waals surface area (Å²) >= 11 is 0. The van der Waals surface area contributed by atoms with E-state index in [-0.39, 0.29) is 18.3 Å². The SMILES string of the molecule is CCOC(=O)c1ccnc(N(C)C(C)CO)c1N. The van der Waals surface area contributed by atoms with E-state index in [4.69, 9.17) is 15.6 Å². The minimum Gasteiger partial charge on any atom is -0.462 e. The molecule has 6 nitrogen and oxygen atoms in total. The second-order valence-corrected chi connectivity index (χ2v) is 3.96. The molecule has 3 N–H and O–H groups in total. The van der Waals surface area contributed by atoms with Crippen molar-refractivity contribution in [1.82, 2.24) is 4.98 Å². The first-order valence-corrected chi connectivity index (χ1v) is 5.78. The average molecular weight is 253 g/mol. The first-order valence-electron chi connectivity index (χ1n) is 5.78. The summed E-state index contributed by atoms with van der Waals surface area (Å²) in [5, 5.41) is 9.12. The number of nitrogen functional groups attached to an aromatic ring is 1. The number of rotatable bonds is 5. The first-order chi connectivity index (χ1) is 8.52. The molecule has 0 aliphatic heterocycles. The van der Waals surface area contributed by atoms with E-state index in [1.807, 2.05) is 6.92 Å². The molecule has 0 saturated heterocycles. The van der Waals surface area contributed by atoms with Crippen molar-refractivity contribution in [2.75, 3.05) is 30.9 Å². The van der Waals surface area contributed by atoms with Gasteiger partial charge in [-0.15, -0.1) is 0 Å². The standard InChI is InChI=1S/C12H19N3O3/c1-4-18-12(17)9-5-6-14-11(10(9)13)15(3)8(2)7-16/h5-6,8,16H,4,7,13H2,1-3H3. The third kappa shape index (κ3) is 2.89. The van der Waals surface area contributed by atoms with Crippen LogP contribution in [0.4, 0.5) is 11.5 Å². The second kappa shape index (κ2) is 6.20. The van der Waals surface area contributed by atoms with E-state index < -0.39 is 5.97 Å². The Morgan fingerprint density at radius 3 is 2.89 bits per heavy atom. The number of hydrogen-bond donors (Lipinski definition) is 2. The van der Waals surface area contributed by atoms with Crippen LogP contribution in [0.5, 0.6) is 0 Å². The van der Waals surface area contributed by atoms with Crippen LogP contribution in [0.3, 0.4) is 0 Å². The van der Waals surface area contributed by atoms with Gasteiger partial charge in [0.05, 0.1) is 30.5 Å². The van der Waals surface area contributed by atoms with Gasteiger partial charge in [0.2, 0.25) is 0 Å². The van der Waals surface area contributed by atoms with Gasteiger partial charge in [0.25, 0.3) is 0 Å². The lowest BCUT2D eigenvalue weighted by Crippen LogP contribution is -2.33. The zero-order valence-corrected chi connectivity index (χ0v) is 10.9. The Bertz CT molecular complexity index is 423. The number of hydrogen-bond acceptors (Lipinski definition) is 6. The fourth-order valence-electron chi connectivity index (χ4n) is 1.46. The van der Waals surface area contributed by atoms with Crippen molar-refractivity contribution in [3.8, 4) is 0 Å². The number of esters is 1. The highest BCUT2D eigenvalue weighted by Gasteiger charge is 2.19. The molecule has 0 aromatic carbocycles. The lowest BCUT2D eigenvalue weighted by molar-refractivity contribution is 0.0527. The maximum atomic E-state index is 11.7. The molecule has 6 heteroatoms. The van der Waals surface area contributed by atoms with E-state index in [0.717, 1.165) is 0 Å². The number of aromatic nitrogens is 1. The molecule has 0 bridgehead atoms. The smallest absolute Gasteiger partial charge is 0.340 e. The Hall–Kier alpha value is -1.82. The summed E-state index contributed by atoms with van der Waals surface area (Å²) in [5.74, 6) is -0.00851. The number of nitrogens with zero attached hydrogens (tertiary/aromatic N) is 2. The molecule has 1 aromatic rings. The Labute approximate surface area is 106 Å². The number of pyridine rings is 1. The summed E-state index contributed by atoms with van der Waals surface area (Å²) in [4.78, 5) is 17.5. The quantitative estimate of drug-likeness (QED) is 0.749. The van der Waals surface area contributed by atoms with Gasteiger partial charge < -0.3 is 20.5 Å². The van der Waals surface area contributed by atoms with E-state index in [9.17, 15) is 4.79 Å². The topological polar surface area (TPSA) is 88.7 Å². The fourth-order valence-corrected chi connectivity index (χ4v) is 1.46. The van der Waals surface area contributed by atoms with Crippen molar-refractivity contribution in [1.29, 1.82) is 0 Å². The lowest BCUT2D eigenvalue weighted by Gasteiger charge is -2.25. The highest BCUT2D eigenvalue weighted by molar-refractivity contribution is 5.97. The number of aliphatic hydroxyl groups is 1. The zero-order chi connectivity index (χ0) is 13.7.